The molecule has 9 heteroatoms. The zero-order chi connectivity index (χ0) is 22.5. The molecule has 1 N–H and O–H groups in total. The highest BCUT2D eigenvalue weighted by atomic mass is 32.2. The van der Waals surface area contributed by atoms with Gasteiger partial charge in [0.15, 0.2) is 5.65 Å². The highest BCUT2D eigenvalue weighted by Gasteiger charge is 2.29. The van der Waals surface area contributed by atoms with Crippen molar-refractivity contribution in [2.75, 3.05) is 0 Å². The molecule has 3 heterocycles. The minimum atomic E-state index is -3.81. The number of aliphatic hydroxyl groups excluding tert-OH is 1. The minimum Gasteiger partial charge on any atom is -0.385 e. The summed E-state index contributed by atoms with van der Waals surface area (Å²) in [6.07, 6.45) is 5.48. The van der Waals surface area contributed by atoms with Crippen molar-refractivity contribution in [3.05, 3.63) is 54.6 Å². The standard InChI is InChI=1S/C23H23N5O3S/c1-15(29)22-26-20-14-25-23-19(21(20)28(22)17-9-7-16(13-24)8-10-17)11-12-27(23)32(30,31)18-5-3-2-4-6-18/h2-6,11-12,14-17,29H,7-10H2,1H3/t15-,16?,17?/m1/s1. The third-order valence-corrected chi connectivity index (χ3v) is 7.95. The summed E-state index contributed by atoms with van der Waals surface area (Å²) in [5.41, 5.74) is 1.71. The topological polar surface area (TPSA) is 114 Å². The number of aliphatic hydroxyl groups is 1. The van der Waals surface area contributed by atoms with Gasteiger partial charge in [0, 0.05) is 23.5 Å². The second kappa shape index (κ2) is 7.73. The lowest BCUT2D eigenvalue weighted by atomic mass is 9.86. The number of pyridine rings is 1. The number of rotatable bonds is 4. The zero-order valence-electron chi connectivity index (χ0n) is 17.6. The van der Waals surface area contributed by atoms with Gasteiger partial charge in [0.1, 0.15) is 17.4 Å². The van der Waals surface area contributed by atoms with E-state index in [1.807, 2.05) is 4.57 Å². The van der Waals surface area contributed by atoms with E-state index in [0.29, 0.717) is 22.4 Å². The number of benzene rings is 1. The Hall–Kier alpha value is -3.22. The summed E-state index contributed by atoms with van der Waals surface area (Å²) in [5, 5.41) is 20.4. The van der Waals surface area contributed by atoms with Gasteiger partial charge >= 0.3 is 0 Å². The maximum Gasteiger partial charge on any atom is 0.269 e. The Morgan fingerprint density at radius 1 is 1.16 bits per heavy atom. The zero-order valence-corrected chi connectivity index (χ0v) is 18.4. The van der Waals surface area contributed by atoms with Crippen LogP contribution in [0.3, 0.4) is 0 Å². The van der Waals surface area contributed by atoms with E-state index in [1.165, 1.54) is 10.2 Å². The first-order valence-electron chi connectivity index (χ1n) is 10.7. The molecule has 0 saturated heterocycles. The Morgan fingerprint density at radius 2 is 1.88 bits per heavy atom. The maximum atomic E-state index is 13.2. The predicted octanol–water partition coefficient (Wildman–Crippen LogP) is 3.93. The normalized spacial score (nSPS) is 20.4. The van der Waals surface area contributed by atoms with Crippen molar-refractivity contribution in [2.24, 2.45) is 5.92 Å². The summed E-state index contributed by atoms with van der Waals surface area (Å²) in [4.78, 5) is 9.25. The molecule has 0 radical (unpaired) electrons. The van der Waals surface area contributed by atoms with Crippen LogP contribution in [0.1, 0.15) is 50.6 Å². The average molecular weight is 450 g/mol. The van der Waals surface area contributed by atoms with Gasteiger partial charge in [-0.25, -0.2) is 22.4 Å². The molecular weight excluding hydrogens is 426 g/mol. The van der Waals surface area contributed by atoms with Crippen molar-refractivity contribution in [3.63, 3.8) is 0 Å². The summed E-state index contributed by atoms with van der Waals surface area (Å²) in [6, 6.07) is 12.4. The molecule has 1 saturated carbocycles. The first-order valence-corrected chi connectivity index (χ1v) is 12.1. The molecule has 1 atom stereocenters. The van der Waals surface area contributed by atoms with Crippen LogP contribution in [0.4, 0.5) is 0 Å². The third kappa shape index (κ3) is 3.18. The summed E-state index contributed by atoms with van der Waals surface area (Å²) in [6.45, 7) is 1.67. The Kier molecular flexibility index (Phi) is 4.99. The Morgan fingerprint density at radius 3 is 2.53 bits per heavy atom. The molecule has 4 aromatic rings. The molecule has 1 aromatic carbocycles. The SMILES string of the molecule is C[C@@H](O)c1nc2cnc3c(ccn3S(=O)(=O)c3ccccc3)c2n1C1CCC(C#N)CC1. The van der Waals surface area contributed by atoms with Gasteiger partial charge in [-0.2, -0.15) is 5.26 Å². The second-order valence-electron chi connectivity index (χ2n) is 8.31. The van der Waals surface area contributed by atoms with Crippen molar-refractivity contribution in [2.45, 2.75) is 49.6 Å². The molecule has 0 amide bonds. The Balaban J connectivity index is 1.71. The van der Waals surface area contributed by atoms with E-state index in [2.05, 4.69) is 16.0 Å². The molecule has 32 heavy (non-hydrogen) atoms. The van der Waals surface area contributed by atoms with Gasteiger partial charge in [-0.3, -0.25) is 0 Å². The third-order valence-electron chi connectivity index (χ3n) is 6.27. The second-order valence-corrected chi connectivity index (χ2v) is 10.1. The van der Waals surface area contributed by atoms with Crippen LogP contribution in [0.5, 0.6) is 0 Å². The smallest absolute Gasteiger partial charge is 0.269 e. The van der Waals surface area contributed by atoms with Crippen molar-refractivity contribution in [1.29, 1.82) is 5.26 Å². The van der Waals surface area contributed by atoms with E-state index in [1.54, 1.807) is 49.5 Å². The van der Waals surface area contributed by atoms with Crippen LogP contribution >= 0.6 is 0 Å². The Labute approximate surface area is 185 Å². The van der Waals surface area contributed by atoms with Gasteiger partial charge < -0.3 is 9.67 Å². The van der Waals surface area contributed by atoms with E-state index in [4.69, 9.17) is 0 Å². The predicted molar refractivity (Wildman–Crippen MR) is 119 cm³/mol. The molecule has 0 unspecified atom stereocenters. The summed E-state index contributed by atoms with van der Waals surface area (Å²) < 4.78 is 29.7. The monoisotopic (exact) mass is 449 g/mol. The molecule has 3 aromatic heterocycles. The largest absolute Gasteiger partial charge is 0.385 e. The molecule has 0 aliphatic heterocycles. The van der Waals surface area contributed by atoms with Crippen molar-refractivity contribution in [1.82, 2.24) is 18.5 Å². The highest BCUT2D eigenvalue weighted by Crippen LogP contribution is 2.38. The number of aromatic nitrogens is 4. The van der Waals surface area contributed by atoms with Gasteiger partial charge in [-0.05, 0) is 50.8 Å². The van der Waals surface area contributed by atoms with Crippen LogP contribution in [-0.2, 0) is 10.0 Å². The molecule has 1 aliphatic carbocycles. The van der Waals surface area contributed by atoms with Gasteiger partial charge in [0.2, 0.25) is 0 Å². The quantitative estimate of drug-likeness (QED) is 0.505. The molecule has 5 rings (SSSR count). The fourth-order valence-corrected chi connectivity index (χ4v) is 6.02. The van der Waals surface area contributed by atoms with Gasteiger partial charge in [0.05, 0.1) is 22.7 Å². The number of hydrogen-bond acceptors (Lipinski definition) is 6. The summed E-state index contributed by atoms with van der Waals surface area (Å²) in [7, 11) is -3.81. The fourth-order valence-electron chi connectivity index (χ4n) is 4.69. The van der Waals surface area contributed by atoms with Crippen molar-refractivity contribution < 1.29 is 13.5 Å². The number of fused-ring (bicyclic) bond motifs is 3. The average Bonchev–Trinajstić information content (AvgIpc) is 3.42. The molecule has 1 fully saturated rings. The number of nitrogens with zero attached hydrogens (tertiary/aromatic N) is 5. The van der Waals surface area contributed by atoms with Crippen LogP contribution in [0.25, 0.3) is 22.1 Å². The van der Waals surface area contributed by atoms with E-state index < -0.39 is 16.1 Å². The van der Waals surface area contributed by atoms with Crippen molar-refractivity contribution >= 4 is 32.1 Å². The number of hydrogen-bond donors (Lipinski definition) is 1. The van der Waals surface area contributed by atoms with E-state index in [0.717, 1.165) is 31.2 Å². The van der Waals surface area contributed by atoms with Crippen LogP contribution < -0.4 is 0 Å². The Bertz CT molecular complexity index is 1440. The van der Waals surface area contributed by atoms with E-state index in [-0.39, 0.29) is 16.9 Å². The number of imidazole rings is 1. The number of nitriles is 1. The molecule has 164 valence electrons. The van der Waals surface area contributed by atoms with Crippen LogP contribution in [-0.4, -0.2) is 32.0 Å². The first kappa shape index (κ1) is 20.7. The molecule has 8 nitrogen and oxygen atoms in total. The van der Waals surface area contributed by atoms with Crippen LogP contribution in [0.2, 0.25) is 0 Å². The lowest BCUT2D eigenvalue weighted by molar-refractivity contribution is 0.177. The van der Waals surface area contributed by atoms with E-state index in [9.17, 15) is 18.8 Å². The van der Waals surface area contributed by atoms with Gasteiger partial charge in [-0.1, -0.05) is 18.2 Å². The van der Waals surface area contributed by atoms with Crippen LogP contribution in [0, 0.1) is 17.2 Å². The summed E-state index contributed by atoms with van der Waals surface area (Å²) in [5.74, 6) is 0.586. The maximum absolute atomic E-state index is 13.2. The molecule has 1 aliphatic rings. The highest BCUT2D eigenvalue weighted by molar-refractivity contribution is 7.90. The lowest BCUT2D eigenvalue weighted by Gasteiger charge is -2.28. The summed E-state index contributed by atoms with van der Waals surface area (Å²) >= 11 is 0. The van der Waals surface area contributed by atoms with E-state index >= 15 is 0 Å². The molecule has 0 bridgehead atoms. The van der Waals surface area contributed by atoms with Gasteiger partial charge in [0.25, 0.3) is 10.0 Å². The molecule has 0 spiro atoms. The van der Waals surface area contributed by atoms with Crippen LogP contribution in [0.15, 0.2) is 53.7 Å². The van der Waals surface area contributed by atoms with Gasteiger partial charge in [-0.15, -0.1) is 0 Å². The molecular formula is C23H23N5O3S. The first-order chi connectivity index (χ1) is 15.4. The fraction of sp³-hybridized carbons (Fsp3) is 0.348. The van der Waals surface area contributed by atoms with Crippen molar-refractivity contribution in [3.8, 4) is 6.07 Å². The minimum absolute atomic E-state index is 0.0508. The lowest BCUT2D eigenvalue weighted by Crippen LogP contribution is -2.20.